The third-order valence-corrected chi connectivity index (χ3v) is 3.12. The fourth-order valence-electron chi connectivity index (χ4n) is 2.00. The van der Waals surface area contributed by atoms with Crippen LogP contribution in [0.5, 0.6) is 0 Å². The standard InChI is InChI=1S/C15H12ClFN2O2/c1-2-20-8-14-18-11(7-13(16)19-14)12-6-9-4-3-5-10(17)15(9)21-12/h3-7H,2,8H2,1H3. The van der Waals surface area contributed by atoms with E-state index in [1.807, 2.05) is 6.92 Å². The van der Waals surface area contributed by atoms with Crippen LogP contribution in [0.1, 0.15) is 12.7 Å². The fourth-order valence-corrected chi connectivity index (χ4v) is 2.20. The van der Waals surface area contributed by atoms with Crippen LogP contribution in [0.3, 0.4) is 0 Å². The van der Waals surface area contributed by atoms with E-state index >= 15 is 0 Å². The summed E-state index contributed by atoms with van der Waals surface area (Å²) in [7, 11) is 0. The summed E-state index contributed by atoms with van der Waals surface area (Å²) in [6, 6.07) is 8.05. The summed E-state index contributed by atoms with van der Waals surface area (Å²) in [5.74, 6) is 0.492. The van der Waals surface area contributed by atoms with Gasteiger partial charge in [0.1, 0.15) is 17.5 Å². The van der Waals surface area contributed by atoms with E-state index in [0.717, 1.165) is 0 Å². The molecular weight excluding hydrogens is 295 g/mol. The van der Waals surface area contributed by atoms with Crippen LogP contribution in [0.2, 0.25) is 5.15 Å². The molecule has 0 aliphatic carbocycles. The van der Waals surface area contributed by atoms with Gasteiger partial charge < -0.3 is 9.15 Å². The molecule has 3 rings (SSSR count). The summed E-state index contributed by atoms with van der Waals surface area (Å²) in [4.78, 5) is 8.41. The molecule has 1 aromatic carbocycles. The topological polar surface area (TPSA) is 48.2 Å². The number of benzene rings is 1. The first-order chi connectivity index (χ1) is 10.2. The lowest BCUT2D eigenvalue weighted by Crippen LogP contribution is -2.00. The Kier molecular flexibility index (Phi) is 3.86. The molecule has 3 aromatic rings. The molecule has 108 valence electrons. The van der Waals surface area contributed by atoms with E-state index in [2.05, 4.69) is 9.97 Å². The van der Waals surface area contributed by atoms with Gasteiger partial charge in [-0.05, 0) is 19.1 Å². The molecule has 0 radical (unpaired) electrons. The molecule has 0 atom stereocenters. The van der Waals surface area contributed by atoms with Crippen LogP contribution < -0.4 is 0 Å². The Morgan fingerprint density at radius 1 is 1.29 bits per heavy atom. The first-order valence-electron chi connectivity index (χ1n) is 6.47. The second-order valence-electron chi connectivity index (χ2n) is 4.40. The first kappa shape index (κ1) is 14.0. The SMILES string of the molecule is CCOCc1nc(Cl)cc(-c2cc3cccc(F)c3o2)n1. The van der Waals surface area contributed by atoms with Crippen LogP contribution in [-0.4, -0.2) is 16.6 Å². The van der Waals surface area contributed by atoms with Crippen molar-refractivity contribution in [1.82, 2.24) is 9.97 Å². The van der Waals surface area contributed by atoms with E-state index in [4.69, 9.17) is 20.8 Å². The Morgan fingerprint density at radius 2 is 2.14 bits per heavy atom. The second kappa shape index (κ2) is 5.79. The van der Waals surface area contributed by atoms with Gasteiger partial charge in [0.2, 0.25) is 0 Å². The number of nitrogens with zero attached hydrogens (tertiary/aromatic N) is 2. The highest BCUT2D eigenvalue weighted by Gasteiger charge is 2.13. The lowest BCUT2D eigenvalue weighted by molar-refractivity contribution is 0.128. The molecule has 2 aromatic heterocycles. The molecule has 21 heavy (non-hydrogen) atoms. The van der Waals surface area contributed by atoms with Gasteiger partial charge in [0.25, 0.3) is 0 Å². The Morgan fingerprint density at radius 3 is 2.90 bits per heavy atom. The first-order valence-corrected chi connectivity index (χ1v) is 6.85. The van der Waals surface area contributed by atoms with Crippen molar-refractivity contribution in [3.8, 4) is 11.5 Å². The largest absolute Gasteiger partial charge is 0.451 e. The van der Waals surface area contributed by atoms with Crippen molar-refractivity contribution >= 4 is 22.6 Å². The molecule has 2 heterocycles. The molecule has 6 heteroatoms. The van der Waals surface area contributed by atoms with Gasteiger partial charge in [-0.25, -0.2) is 14.4 Å². The summed E-state index contributed by atoms with van der Waals surface area (Å²) >= 11 is 5.99. The molecule has 0 unspecified atom stereocenters. The summed E-state index contributed by atoms with van der Waals surface area (Å²) in [5, 5.41) is 0.960. The monoisotopic (exact) mass is 306 g/mol. The van der Waals surface area contributed by atoms with Gasteiger partial charge in [0.05, 0.1) is 0 Å². The third kappa shape index (κ3) is 2.89. The maximum Gasteiger partial charge on any atom is 0.170 e. The Labute approximate surface area is 125 Å². The number of rotatable bonds is 4. The average Bonchev–Trinajstić information content (AvgIpc) is 2.90. The zero-order valence-electron chi connectivity index (χ0n) is 11.3. The van der Waals surface area contributed by atoms with Gasteiger partial charge in [-0.2, -0.15) is 0 Å². The number of para-hydroxylation sites is 1. The predicted octanol–water partition coefficient (Wildman–Crippen LogP) is 4.22. The highest BCUT2D eigenvalue weighted by molar-refractivity contribution is 6.29. The Hall–Kier alpha value is -1.98. The van der Waals surface area contributed by atoms with Gasteiger partial charge in [0, 0.05) is 18.1 Å². The highest BCUT2D eigenvalue weighted by atomic mass is 35.5. The number of hydrogen-bond donors (Lipinski definition) is 0. The van der Waals surface area contributed by atoms with E-state index in [-0.39, 0.29) is 17.3 Å². The minimum absolute atomic E-state index is 0.202. The molecule has 0 amide bonds. The minimum atomic E-state index is -0.409. The zero-order chi connectivity index (χ0) is 14.8. The molecule has 0 bridgehead atoms. The summed E-state index contributed by atoms with van der Waals surface area (Å²) in [5.41, 5.74) is 0.703. The number of aromatic nitrogens is 2. The number of ether oxygens (including phenoxy) is 1. The molecule has 0 saturated heterocycles. The zero-order valence-corrected chi connectivity index (χ0v) is 12.0. The number of fused-ring (bicyclic) bond motifs is 1. The van der Waals surface area contributed by atoms with E-state index < -0.39 is 5.82 Å². The van der Waals surface area contributed by atoms with Gasteiger partial charge in [0.15, 0.2) is 23.0 Å². The quantitative estimate of drug-likeness (QED) is 0.677. The molecule has 0 aliphatic heterocycles. The van der Waals surface area contributed by atoms with Crippen LogP contribution in [0, 0.1) is 5.82 Å². The summed E-state index contributed by atoms with van der Waals surface area (Å²) in [6.07, 6.45) is 0. The van der Waals surface area contributed by atoms with Crippen molar-refractivity contribution in [3.63, 3.8) is 0 Å². The Balaban J connectivity index is 2.05. The van der Waals surface area contributed by atoms with Crippen LogP contribution in [0.4, 0.5) is 4.39 Å². The maximum atomic E-state index is 13.7. The minimum Gasteiger partial charge on any atom is -0.451 e. The number of furan rings is 1. The van der Waals surface area contributed by atoms with Crippen molar-refractivity contribution in [2.24, 2.45) is 0 Å². The van der Waals surface area contributed by atoms with Crippen LogP contribution in [-0.2, 0) is 11.3 Å². The van der Waals surface area contributed by atoms with Gasteiger partial charge in [-0.1, -0.05) is 23.7 Å². The number of hydrogen-bond acceptors (Lipinski definition) is 4. The fraction of sp³-hybridized carbons (Fsp3) is 0.200. The van der Waals surface area contributed by atoms with E-state index in [0.29, 0.717) is 29.3 Å². The van der Waals surface area contributed by atoms with Gasteiger partial charge >= 0.3 is 0 Å². The highest BCUT2D eigenvalue weighted by Crippen LogP contribution is 2.29. The van der Waals surface area contributed by atoms with Crippen LogP contribution >= 0.6 is 11.6 Å². The normalized spacial score (nSPS) is 11.2. The van der Waals surface area contributed by atoms with Crippen molar-refractivity contribution < 1.29 is 13.5 Å². The van der Waals surface area contributed by atoms with E-state index in [1.165, 1.54) is 6.07 Å². The number of halogens is 2. The average molecular weight is 307 g/mol. The lowest BCUT2D eigenvalue weighted by atomic mass is 10.2. The van der Waals surface area contributed by atoms with E-state index in [1.54, 1.807) is 24.3 Å². The van der Waals surface area contributed by atoms with Crippen LogP contribution in [0.25, 0.3) is 22.4 Å². The van der Waals surface area contributed by atoms with Gasteiger partial charge in [-0.15, -0.1) is 0 Å². The lowest BCUT2D eigenvalue weighted by Gasteiger charge is -2.03. The second-order valence-corrected chi connectivity index (χ2v) is 4.79. The summed E-state index contributed by atoms with van der Waals surface area (Å²) in [6.45, 7) is 2.70. The van der Waals surface area contributed by atoms with E-state index in [9.17, 15) is 4.39 Å². The Bertz CT molecular complexity index is 788. The van der Waals surface area contributed by atoms with Crippen LogP contribution in [0.15, 0.2) is 34.7 Å². The van der Waals surface area contributed by atoms with Crippen molar-refractivity contribution in [3.05, 3.63) is 47.1 Å². The van der Waals surface area contributed by atoms with Crippen molar-refractivity contribution in [2.75, 3.05) is 6.61 Å². The van der Waals surface area contributed by atoms with Crippen molar-refractivity contribution in [1.29, 1.82) is 0 Å². The summed E-state index contributed by atoms with van der Waals surface area (Å²) < 4.78 is 24.5. The van der Waals surface area contributed by atoms with Crippen molar-refractivity contribution in [2.45, 2.75) is 13.5 Å². The molecule has 0 saturated carbocycles. The molecule has 0 aliphatic rings. The molecule has 4 nitrogen and oxygen atoms in total. The maximum absolute atomic E-state index is 13.7. The smallest absolute Gasteiger partial charge is 0.170 e. The third-order valence-electron chi connectivity index (χ3n) is 2.92. The van der Waals surface area contributed by atoms with Gasteiger partial charge in [-0.3, -0.25) is 0 Å². The molecule has 0 spiro atoms. The molecular formula is C15H12ClFN2O2. The molecule has 0 N–H and O–H groups in total. The molecule has 0 fully saturated rings. The predicted molar refractivity (Wildman–Crippen MR) is 77.5 cm³/mol.